The number of methoxy groups -OCH3 is 1. The Hall–Kier alpha value is -5.78. The van der Waals surface area contributed by atoms with Crippen LogP contribution in [-0.2, 0) is 10.0 Å². The van der Waals surface area contributed by atoms with E-state index in [2.05, 4.69) is 67.9 Å². The van der Waals surface area contributed by atoms with Crippen molar-refractivity contribution in [2.75, 3.05) is 50.1 Å². The summed E-state index contributed by atoms with van der Waals surface area (Å²) in [5, 5.41) is 25.7. The minimum Gasteiger partial charge on any atom is -0.478 e. The van der Waals surface area contributed by atoms with E-state index in [9.17, 15) is 32.8 Å². The number of fused-ring (bicyclic) bond motifs is 1. The third-order valence-corrected chi connectivity index (χ3v) is 16.2. The van der Waals surface area contributed by atoms with Crippen LogP contribution in [0.5, 0.6) is 17.4 Å². The lowest BCUT2D eigenvalue weighted by molar-refractivity contribution is -0.384. The van der Waals surface area contributed by atoms with Crippen LogP contribution in [0, 0.1) is 27.3 Å². The smallest absolute Gasteiger partial charge is 0.293 e. The number of nitro groups is 1. The molecule has 2 saturated heterocycles. The minimum absolute atomic E-state index is 0.00162. The summed E-state index contributed by atoms with van der Waals surface area (Å²) in [7, 11) is -3.28. The number of nitrogens with one attached hydrogen (secondary N) is 3. The van der Waals surface area contributed by atoms with Gasteiger partial charge < -0.3 is 29.8 Å². The van der Waals surface area contributed by atoms with Gasteiger partial charge in [-0.05, 0) is 117 Å². The van der Waals surface area contributed by atoms with E-state index in [1.54, 1.807) is 19.1 Å². The lowest BCUT2D eigenvalue weighted by Crippen LogP contribution is -2.63. The first-order valence-corrected chi connectivity index (χ1v) is 24.9. The fourth-order valence-corrected chi connectivity index (χ4v) is 12.0. The van der Waals surface area contributed by atoms with Crippen LogP contribution < -0.4 is 24.4 Å². The summed E-state index contributed by atoms with van der Waals surface area (Å²) in [6, 6.07) is 19.2. The van der Waals surface area contributed by atoms with Crippen molar-refractivity contribution in [3.63, 3.8) is 0 Å². The van der Waals surface area contributed by atoms with E-state index >= 15 is 0 Å². The zero-order valence-corrected chi connectivity index (χ0v) is 39.3. The Bertz CT molecular complexity index is 2770. The number of H-pyrrole nitrogens is 1. The molecule has 2 aromatic heterocycles. The lowest BCUT2D eigenvalue weighted by Gasteiger charge is -2.57. The molecular weight excluding hydrogens is 878 g/mol. The number of hydrogen-bond donors (Lipinski definition) is 4. The van der Waals surface area contributed by atoms with Gasteiger partial charge in [0.05, 0.1) is 33.5 Å². The van der Waals surface area contributed by atoms with Gasteiger partial charge in [0.15, 0.2) is 5.75 Å². The van der Waals surface area contributed by atoms with Gasteiger partial charge >= 0.3 is 0 Å². The van der Waals surface area contributed by atoms with Crippen LogP contribution in [0.1, 0.15) is 112 Å². The van der Waals surface area contributed by atoms with E-state index < -0.39 is 42.9 Å². The van der Waals surface area contributed by atoms with Crippen molar-refractivity contribution < 1.29 is 37.1 Å². The van der Waals surface area contributed by atoms with Crippen LogP contribution in [0.25, 0.3) is 11.0 Å². The maximum absolute atomic E-state index is 14.8. The van der Waals surface area contributed by atoms with Crippen LogP contribution in [0.15, 0.2) is 77.8 Å². The summed E-state index contributed by atoms with van der Waals surface area (Å²) in [4.78, 5) is 37.2. The van der Waals surface area contributed by atoms with Crippen LogP contribution in [0.3, 0.4) is 0 Å². The predicted molar refractivity (Wildman–Crippen MR) is 254 cm³/mol. The van der Waals surface area contributed by atoms with Crippen LogP contribution in [0.4, 0.5) is 21.5 Å². The van der Waals surface area contributed by atoms with E-state index in [4.69, 9.17) is 9.47 Å². The molecule has 4 heterocycles. The van der Waals surface area contributed by atoms with Gasteiger partial charge in [0.1, 0.15) is 22.9 Å². The maximum atomic E-state index is 14.8. The monoisotopic (exact) mass is 937 g/mol. The molecule has 3 aromatic carbocycles. The normalized spacial score (nSPS) is 23.0. The van der Waals surface area contributed by atoms with Gasteiger partial charge in [-0.25, -0.2) is 17.5 Å². The lowest BCUT2D eigenvalue weighted by atomic mass is 9.70. The van der Waals surface area contributed by atoms with Crippen LogP contribution >= 0.6 is 0 Å². The molecule has 4 N–H and O–H groups in total. The Balaban J connectivity index is 0.927. The fourth-order valence-electron chi connectivity index (χ4n) is 11.0. The standard InChI is InChI=1S/C50H60FN7O8S/c1-31(2)35-8-5-6-9-36(35)37-10-7-11-42(37)57-29-50(30-57)20-22-56(23-21-50)33-12-14-38(44(24-33)66-45-26-39-40(51)28-53-46(39)54-48(45)65-4)47(59)55-67(63,64)34-13-15-41(43(25-34)58(61)62)52-27-32-16-18-49(3,60)19-17-32/h5-6,8-9,12-15,24-26,28,31-32,37,42,52,60H,7,10-11,16-23,27,29-30H2,1-4H3,(H,53,54)(H,55,59)/t32-,37-,42-,49-/m1/s1. The van der Waals surface area contributed by atoms with Crippen molar-refractivity contribution in [3.8, 4) is 17.4 Å². The number of rotatable bonds is 14. The average molecular weight is 938 g/mol. The van der Waals surface area contributed by atoms with Gasteiger partial charge in [0.25, 0.3) is 27.5 Å². The molecule has 1 amide bonds. The second kappa shape index (κ2) is 18.4. The van der Waals surface area contributed by atoms with Crippen LogP contribution in [0.2, 0.25) is 0 Å². The molecule has 5 aromatic rings. The number of sulfonamides is 1. The molecule has 4 fully saturated rings. The first-order valence-electron chi connectivity index (χ1n) is 23.5. The number of likely N-dealkylation sites (tertiary alicyclic amines) is 1. The van der Waals surface area contributed by atoms with Crippen molar-refractivity contribution in [2.45, 2.75) is 107 Å². The fraction of sp³-hybridized carbons (Fsp3) is 0.480. The predicted octanol–water partition coefficient (Wildman–Crippen LogP) is 9.24. The van der Waals surface area contributed by atoms with Crippen molar-refractivity contribution in [2.24, 2.45) is 11.3 Å². The van der Waals surface area contributed by atoms with Gasteiger partial charge in [-0.1, -0.05) is 44.5 Å². The zero-order valence-electron chi connectivity index (χ0n) is 38.5. The highest BCUT2D eigenvalue weighted by Crippen LogP contribution is 2.49. The zero-order chi connectivity index (χ0) is 47.3. The Morgan fingerprint density at radius 1 is 1.01 bits per heavy atom. The highest BCUT2D eigenvalue weighted by atomic mass is 32.2. The molecule has 15 nitrogen and oxygen atoms in total. The number of carbonyl (C=O) groups excluding carboxylic acids is 1. The highest BCUT2D eigenvalue weighted by molar-refractivity contribution is 7.90. The number of aliphatic hydroxyl groups is 1. The molecule has 356 valence electrons. The number of carbonyl (C=O) groups is 1. The Morgan fingerprint density at radius 2 is 1.76 bits per heavy atom. The van der Waals surface area contributed by atoms with E-state index in [1.807, 2.05) is 0 Å². The number of hydrogen-bond acceptors (Lipinski definition) is 12. The van der Waals surface area contributed by atoms with E-state index in [0.29, 0.717) is 37.3 Å². The molecule has 2 atom stereocenters. The second-order valence-corrected chi connectivity index (χ2v) is 21.5. The number of anilines is 2. The van der Waals surface area contributed by atoms with Crippen LogP contribution in [-0.4, -0.2) is 90.7 Å². The first kappa shape index (κ1) is 46.3. The maximum Gasteiger partial charge on any atom is 0.293 e. The quantitative estimate of drug-likeness (QED) is 0.0611. The minimum atomic E-state index is -4.65. The molecule has 1 spiro atoms. The van der Waals surface area contributed by atoms with Gasteiger partial charge in [0.2, 0.25) is 0 Å². The largest absolute Gasteiger partial charge is 0.478 e. The third kappa shape index (κ3) is 9.55. The number of amides is 1. The number of halogens is 1. The van der Waals surface area contributed by atoms with Gasteiger partial charge in [-0.3, -0.25) is 19.8 Å². The third-order valence-electron chi connectivity index (χ3n) is 14.9. The number of pyridine rings is 1. The summed E-state index contributed by atoms with van der Waals surface area (Å²) in [6.45, 7) is 10.4. The molecule has 2 aliphatic carbocycles. The molecule has 67 heavy (non-hydrogen) atoms. The number of piperidine rings is 1. The van der Waals surface area contributed by atoms with Gasteiger partial charge in [-0.15, -0.1) is 0 Å². The summed E-state index contributed by atoms with van der Waals surface area (Å²) in [6.07, 6.45) is 9.50. The van der Waals surface area contributed by atoms with Crippen molar-refractivity contribution >= 4 is 44.0 Å². The summed E-state index contributed by atoms with van der Waals surface area (Å²) in [5.74, 6) is -0.455. The van der Waals surface area contributed by atoms with Crippen molar-refractivity contribution in [1.82, 2.24) is 19.6 Å². The Morgan fingerprint density at radius 3 is 2.48 bits per heavy atom. The molecule has 2 saturated carbocycles. The van der Waals surface area contributed by atoms with Gasteiger partial charge in [0, 0.05) is 68.8 Å². The van der Waals surface area contributed by atoms with E-state index in [-0.39, 0.29) is 51.0 Å². The van der Waals surface area contributed by atoms with Gasteiger partial charge in [-0.2, -0.15) is 4.98 Å². The van der Waals surface area contributed by atoms with E-state index in [1.165, 1.54) is 61.8 Å². The molecule has 2 aliphatic heterocycles. The average Bonchev–Trinajstić information content (AvgIpc) is 3.93. The second-order valence-electron chi connectivity index (χ2n) is 19.8. The Kier molecular flexibility index (Phi) is 12.7. The highest BCUT2D eigenvalue weighted by Gasteiger charge is 2.49. The molecular formula is C50H60FN7O8S. The number of nitrogens with zero attached hydrogens (tertiary/aromatic N) is 4. The Labute approximate surface area is 390 Å². The first-order chi connectivity index (χ1) is 32.0. The van der Waals surface area contributed by atoms with Crippen molar-refractivity contribution in [3.05, 3.63) is 106 Å². The number of nitro benzene ring substituents is 1. The molecule has 0 unspecified atom stereocenters. The molecule has 0 bridgehead atoms. The van der Waals surface area contributed by atoms with E-state index in [0.717, 1.165) is 69.8 Å². The molecule has 4 aliphatic rings. The number of benzene rings is 3. The number of ether oxygens (including phenoxy) is 2. The summed E-state index contributed by atoms with van der Waals surface area (Å²) < 4.78 is 56.4. The summed E-state index contributed by atoms with van der Waals surface area (Å²) >= 11 is 0. The number of aromatic nitrogens is 2. The SMILES string of the molecule is COc1nc2[nH]cc(F)c2cc1Oc1cc(N2CCC3(CC2)CN([C@@H]2CCC[C@@H]2c2ccccc2C(C)C)C3)ccc1C(=O)NS(=O)(=O)c1ccc(NC[C@H]2CC[C@](C)(O)CC2)c([N+](=O)[O-])c1. The molecule has 9 rings (SSSR count). The number of aromatic amines is 1. The molecule has 0 radical (unpaired) electrons. The topological polar surface area (TPSA) is 192 Å². The summed E-state index contributed by atoms with van der Waals surface area (Å²) in [5.41, 5.74) is 2.93. The molecule has 17 heteroatoms. The van der Waals surface area contributed by atoms with Crippen molar-refractivity contribution in [1.29, 1.82) is 0 Å².